The number of rotatable bonds is 8. The summed E-state index contributed by atoms with van der Waals surface area (Å²) >= 11 is 0. The predicted molar refractivity (Wildman–Crippen MR) is 80.6 cm³/mol. The minimum atomic E-state index is -0.268. The lowest BCUT2D eigenvalue weighted by atomic mass is 10.0. The Balaban J connectivity index is 2.12. The molecule has 0 saturated heterocycles. The van der Waals surface area contributed by atoms with Crippen molar-refractivity contribution in [2.75, 3.05) is 20.5 Å². The van der Waals surface area contributed by atoms with Crippen LogP contribution in [0.2, 0.25) is 0 Å². The molecule has 22 heavy (non-hydrogen) atoms. The summed E-state index contributed by atoms with van der Waals surface area (Å²) in [6.07, 6.45) is 5.44. The summed E-state index contributed by atoms with van der Waals surface area (Å²) in [6, 6.07) is 7.41. The van der Waals surface area contributed by atoms with Crippen LogP contribution in [0, 0.1) is 0 Å². The molecule has 0 aliphatic heterocycles. The maximum absolute atomic E-state index is 11.6. The molecule has 1 aromatic heterocycles. The number of carbonyl (C=O) groups excluding carboxylic acids is 1. The quantitative estimate of drug-likeness (QED) is 0.426. The van der Waals surface area contributed by atoms with Gasteiger partial charge in [0.25, 0.3) is 0 Å². The predicted octanol–water partition coefficient (Wildman–Crippen LogP) is 2.41. The number of ether oxygens (including phenoxy) is 3. The summed E-state index contributed by atoms with van der Waals surface area (Å²) in [5.41, 5.74) is 0.979. The van der Waals surface area contributed by atoms with Gasteiger partial charge in [-0.2, -0.15) is 0 Å². The van der Waals surface area contributed by atoms with Crippen LogP contribution in [-0.4, -0.2) is 36.0 Å². The highest BCUT2D eigenvalue weighted by Gasteiger charge is 2.18. The number of hydrogen-bond donors (Lipinski definition) is 0. The zero-order valence-electron chi connectivity index (χ0n) is 12.8. The van der Waals surface area contributed by atoms with E-state index in [1.54, 1.807) is 12.5 Å². The molecule has 1 heterocycles. The van der Waals surface area contributed by atoms with Crippen LogP contribution in [0.4, 0.5) is 0 Å². The van der Waals surface area contributed by atoms with Gasteiger partial charge in [0.2, 0.25) is 0 Å². The zero-order valence-corrected chi connectivity index (χ0v) is 12.8. The van der Waals surface area contributed by atoms with E-state index in [-0.39, 0.29) is 25.2 Å². The molecule has 6 nitrogen and oxygen atoms in total. The van der Waals surface area contributed by atoms with Gasteiger partial charge >= 0.3 is 5.97 Å². The fourth-order valence-corrected chi connectivity index (χ4v) is 2.07. The molecule has 0 aliphatic rings. The Bertz CT molecular complexity index is 566. The number of imidazole rings is 1. The summed E-state index contributed by atoms with van der Waals surface area (Å²) < 4.78 is 17.2. The van der Waals surface area contributed by atoms with Crippen molar-refractivity contribution in [3.8, 4) is 5.75 Å². The molecule has 1 atom stereocenters. The summed E-state index contributed by atoms with van der Waals surface area (Å²) in [5.74, 6) is 0.454. The molecule has 2 rings (SSSR count). The molecule has 0 spiro atoms. The van der Waals surface area contributed by atoms with E-state index in [1.807, 2.05) is 42.0 Å². The molecule has 0 bridgehead atoms. The van der Waals surface area contributed by atoms with Crippen LogP contribution in [0.1, 0.15) is 24.9 Å². The standard InChI is InChI=1S/C16H20N2O4/c1-3-21-12-22-14-6-4-13(5-7-14)15(10-16(19)20-2)18-9-8-17-11-18/h4-9,11,15H,3,10,12H2,1-2H3. The van der Waals surface area contributed by atoms with Crippen molar-refractivity contribution in [3.05, 3.63) is 48.5 Å². The van der Waals surface area contributed by atoms with E-state index >= 15 is 0 Å². The third-order valence-corrected chi connectivity index (χ3v) is 3.25. The first-order valence-corrected chi connectivity index (χ1v) is 7.09. The van der Waals surface area contributed by atoms with Crippen molar-refractivity contribution in [1.82, 2.24) is 9.55 Å². The molecular weight excluding hydrogens is 284 g/mol. The summed E-state index contributed by atoms with van der Waals surface area (Å²) in [5, 5.41) is 0. The van der Waals surface area contributed by atoms with Gasteiger partial charge in [0.05, 0.1) is 25.9 Å². The maximum Gasteiger partial charge on any atom is 0.307 e. The highest BCUT2D eigenvalue weighted by atomic mass is 16.7. The molecule has 0 saturated carbocycles. The molecule has 1 unspecified atom stereocenters. The smallest absolute Gasteiger partial charge is 0.307 e. The van der Waals surface area contributed by atoms with Crippen molar-refractivity contribution in [2.24, 2.45) is 0 Å². The number of aromatic nitrogens is 2. The van der Waals surface area contributed by atoms with Gasteiger partial charge in [0.1, 0.15) is 5.75 Å². The molecule has 6 heteroatoms. The van der Waals surface area contributed by atoms with E-state index in [4.69, 9.17) is 14.2 Å². The Labute approximate surface area is 129 Å². The number of carbonyl (C=O) groups is 1. The average molecular weight is 304 g/mol. The van der Waals surface area contributed by atoms with Crippen LogP contribution < -0.4 is 4.74 Å². The first kappa shape index (κ1) is 16.0. The monoisotopic (exact) mass is 304 g/mol. The van der Waals surface area contributed by atoms with Gasteiger partial charge in [-0.15, -0.1) is 0 Å². The molecule has 0 N–H and O–H groups in total. The van der Waals surface area contributed by atoms with Gasteiger partial charge < -0.3 is 18.8 Å². The van der Waals surface area contributed by atoms with Crippen molar-refractivity contribution in [3.63, 3.8) is 0 Å². The van der Waals surface area contributed by atoms with Crippen molar-refractivity contribution in [1.29, 1.82) is 0 Å². The van der Waals surface area contributed by atoms with E-state index in [0.29, 0.717) is 6.61 Å². The van der Waals surface area contributed by atoms with Crippen LogP contribution in [0.25, 0.3) is 0 Å². The number of esters is 1. The fraction of sp³-hybridized carbons (Fsp3) is 0.375. The van der Waals surface area contributed by atoms with Crippen LogP contribution in [0.3, 0.4) is 0 Å². The van der Waals surface area contributed by atoms with Crippen LogP contribution in [0.15, 0.2) is 43.0 Å². The second-order valence-corrected chi connectivity index (χ2v) is 4.63. The summed E-state index contributed by atoms with van der Waals surface area (Å²) in [4.78, 5) is 15.7. The number of hydrogen-bond acceptors (Lipinski definition) is 5. The van der Waals surface area contributed by atoms with E-state index in [9.17, 15) is 4.79 Å². The summed E-state index contributed by atoms with van der Waals surface area (Å²) in [6.45, 7) is 2.75. The van der Waals surface area contributed by atoms with Gasteiger partial charge in [-0.25, -0.2) is 4.98 Å². The van der Waals surface area contributed by atoms with Gasteiger partial charge in [-0.3, -0.25) is 4.79 Å². The van der Waals surface area contributed by atoms with Gasteiger partial charge in [-0.1, -0.05) is 12.1 Å². The first-order valence-electron chi connectivity index (χ1n) is 7.09. The van der Waals surface area contributed by atoms with Crippen LogP contribution >= 0.6 is 0 Å². The number of benzene rings is 1. The van der Waals surface area contributed by atoms with Gasteiger partial charge in [0, 0.05) is 19.0 Å². The number of methoxy groups -OCH3 is 1. The first-order chi connectivity index (χ1) is 10.7. The Morgan fingerprint density at radius 3 is 2.68 bits per heavy atom. The minimum absolute atomic E-state index is 0.157. The van der Waals surface area contributed by atoms with Crippen LogP contribution in [0.5, 0.6) is 5.75 Å². The fourth-order valence-electron chi connectivity index (χ4n) is 2.07. The van der Waals surface area contributed by atoms with Gasteiger partial charge in [0.15, 0.2) is 6.79 Å². The topological polar surface area (TPSA) is 62.6 Å². The maximum atomic E-state index is 11.6. The second kappa shape index (κ2) is 8.19. The Kier molecular flexibility index (Phi) is 5.97. The Hall–Kier alpha value is -2.34. The van der Waals surface area contributed by atoms with Crippen molar-refractivity contribution < 1.29 is 19.0 Å². The lowest BCUT2D eigenvalue weighted by molar-refractivity contribution is -0.141. The van der Waals surface area contributed by atoms with E-state index < -0.39 is 0 Å². The zero-order chi connectivity index (χ0) is 15.8. The van der Waals surface area contributed by atoms with E-state index in [1.165, 1.54) is 7.11 Å². The lowest BCUT2D eigenvalue weighted by Crippen LogP contribution is -2.15. The van der Waals surface area contributed by atoms with E-state index in [0.717, 1.165) is 11.3 Å². The molecule has 0 radical (unpaired) electrons. The van der Waals surface area contributed by atoms with Gasteiger partial charge in [-0.05, 0) is 24.6 Å². The third kappa shape index (κ3) is 4.33. The second-order valence-electron chi connectivity index (χ2n) is 4.63. The van der Waals surface area contributed by atoms with Crippen molar-refractivity contribution in [2.45, 2.75) is 19.4 Å². The van der Waals surface area contributed by atoms with Crippen LogP contribution in [-0.2, 0) is 14.3 Å². The highest BCUT2D eigenvalue weighted by molar-refractivity contribution is 5.70. The molecule has 2 aromatic rings. The molecule has 0 fully saturated rings. The minimum Gasteiger partial charge on any atom is -0.469 e. The Morgan fingerprint density at radius 1 is 1.32 bits per heavy atom. The summed E-state index contributed by atoms with van der Waals surface area (Å²) in [7, 11) is 1.39. The normalized spacial score (nSPS) is 11.9. The van der Waals surface area contributed by atoms with E-state index in [2.05, 4.69) is 4.98 Å². The lowest BCUT2D eigenvalue weighted by Gasteiger charge is -2.18. The molecule has 0 amide bonds. The largest absolute Gasteiger partial charge is 0.469 e. The highest BCUT2D eigenvalue weighted by Crippen LogP contribution is 2.24. The Morgan fingerprint density at radius 2 is 2.09 bits per heavy atom. The molecule has 118 valence electrons. The molecular formula is C16H20N2O4. The third-order valence-electron chi connectivity index (χ3n) is 3.25. The average Bonchev–Trinajstić information content (AvgIpc) is 3.07. The van der Waals surface area contributed by atoms with Crippen molar-refractivity contribution >= 4 is 5.97 Å². The molecule has 1 aromatic carbocycles. The number of nitrogens with zero attached hydrogens (tertiary/aromatic N) is 2. The molecule has 0 aliphatic carbocycles. The SMILES string of the molecule is CCOCOc1ccc(C(CC(=O)OC)n2ccnc2)cc1.